The molecule has 0 aliphatic carbocycles. The van der Waals surface area contributed by atoms with E-state index in [1.54, 1.807) is 0 Å². The molecule has 0 atom stereocenters. The summed E-state index contributed by atoms with van der Waals surface area (Å²) in [5, 5.41) is 9.20. The molecule has 0 aromatic heterocycles. The van der Waals surface area contributed by atoms with Gasteiger partial charge in [-0.1, -0.05) is 13.8 Å². The lowest BCUT2D eigenvalue weighted by atomic mass is 10.1. The Kier molecular flexibility index (Phi) is 6.19. The summed E-state index contributed by atoms with van der Waals surface area (Å²) in [6, 6.07) is 2.59. The van der Waals surface area contributed by atoms with E-state index in [4.69, 9.17) is 27.7 Å². The molecule has 126 valence electrons. The zero-order chi connectivity index (χ0) is 17.6. The molecule has 9 nitrogen and oxygen atoms in total. The number of carbonyl (C=O) groups is 1. The Balaban J connectivity index is 3.60. The minimum Gasteiger partial charge on any atom is -0.486 e. The molecular formula is C14H22N6O3. The predicted octanol–water partition coefficient (Wildman–Crippen LogP) is 0.762. The molecule has 0 amide bonds. The van der Waals surface area contributed by atoms with Gasteiger partial charge >= 0.3 is 5.97 Å². The molecular weight excluding hydrogens is 300 g/mol. The Bertz CT molecular complexity index is 590. The van der Waals surface area contributed by atoms with Crippen LogP contribution in [0.5, 0.6) is 5.75 Å². The van der Waals surface area contributed by atoms with Gasteiger partial charge in [-0.15, -0.1) is 0 Å². The summed E-state index contributed by atoms with van der Waals surface area (Å²) in [6.07, 6.45) is 1.35. The fraction of sp³-hybridized carbons (Fsp3) is 0.357. The topological polar surface area (TPSA) is 175 Å². The highest BCUT2D eigenvalue weighted by molar-refractivity contribution is 5.93. The van der Waals surface area contributed by atoms with Crippen molar-refractivity contribution in [1.29, 1.82) is 0 Å². The third-order valence-electron chi connectivity index (χ3n) is 2.99. The largest absolute Gasteiger partial charge is 0.486 e. The summed E-state index contributed by atoms with van der Waals surface area (Å²) in [5.74, 6) is -1.42. The van der Waals surface area contributed by atoms with Crippen LogP contribution in [0.3, 0.4) is 0 Å². The van der Waals surface area contributed by atoms with E-state index in [1.165, 1.54) is 12.1 Å². The van der Waals surface area contributed by atoms with E-state index in [0.29, 0.717) is 0 Å². The zero-order valence-electron chi connectivity index (χ0n) is 13.1. The maximum Gasteiger partial charge on any atom is 0.335 e. The van der Waals surface area contributed by atoms with Crippen LogP contribution >= 0.6 is 0 Å². The molecule has 0 saturated carbocycles. The van der Waals surface area contributed by atoms with Crippen LogP contribution in [0.4, 0.5) is 11.4 Å². The maximum atomic E-state index is 11.3. The average molecular weight is 322 g/mol. The maximum absolute atomic E-state index is 11.3. The van der Waals surface area contributed by atoms with Crippen LogP contribution in [0, 0.1) is 0 Å². The highest BCUT2D eigenvalue weighted by Crippen LogP contribution is 2.40. The van der Waals surface area contributed by atoms with Crippen molar-refractivity contribution in [1.82, 2.24) is 0 Å². The summed E-state index contributed by atoms with van der Waals surface area (Å²) in [5.41, 5.74) is 21.9. The van der Waals surface area contributed by atoms with Gasteiger partial charge in [-0.3, -0.25) is 0 Å². The fourth-order valence-corrected chi connectivity index (χ4v) is 1.91. The van der Waals surface area contributed by atoms with Crippen molar-refractivity contribution in [3.8, 4) is 5.75 Å². The predicted molar refractivity (Wildman–Crippen MR) is 89.3 cm³/mol. The first-order valence-corrected chi connectivity index (χ1v) is 7.05. The number of nitrogens with two attached hydrogens (primary N) is 4. The Morgan fingerprint density at radius 1 is 1.09 bits per heavy atom. The molecule has 23 heavy (non-hydrogen) atoms. The van der Waals surface area contributed by atoms with E-state index in [-0.39, 0.29) is 40.7 Å². The molecule has 0 heterocycles. The Morgan fingerprint density at radius 3 is 1.83 bits per heavy atom. The number of carboxylic acids is 1. The lowest BCUT2D eigenvalue weighted by Crippen LogP contribution is -2.23. The summed E-state index contributed by atoms with van der Waals surface area (Å²) in [7, 11) is 0. The SMILES string of the molecule is CCC(CC)Oc1c(N=C(N)N)cc(C(=O)O)cc1N=C(N)N. The molecule has 1 rings (SSSR count). The first kappa shape index (κ1) is 18.1. The monoisotopic (exact) mass is 322 g/mol. The number of guanidine groups is 2. The molecule has 1 aromatic rings. The molecule has 9 heteroatoms. The number of ether oxygens (including phenoxy) is 1. The van der Waals surface area contributed by atoms with Gasteiger partial charge in [0, 0.05) is 0 Å². The van der Waals surface area contributed by atoms with Gasteiger partial charge in [0.1, 0.15) is 11.4 Å². The van der Waals surface area contributed by atoms with Gasteiger partial charge in [-0.2, -0.15) is 0 Å². The molecule has 0 aliphatic rings. The number of hydrogen-bond donors (Lipinski definition) is 5. The van der Waals surface area contributed by atoms with Crippen LogP contribution in [0.25, 0.3) is 0 Å². The van der Waals surface area contributed by atoms with E-state index in [9.17, 15) is 9.90 Å². The number of nitrogens with zero attached hydrogens (tertiary/aromatic N) is 2. The van der Waals surface area contributed by atoms with E-state index in [0.717, 1.165) is 12.8 Å². The third-order valence-corrected chi connectivity index (χ3v) is 2.99. The van der Waals surface area contributed by atoms with Gasteiger partial charge < -0.3 is 32.8 Å². The number of aliphatic imine (C=N–C) groups is 2. The van der Waals surface area contributed by atoms with Gasteiger partial charge in [0.15, 0.2) is 17.7 Å². The van der Waals surface area contributed by atoms with Crippen molar-refractivity contribution in [2.45, 2.75) is 32.8 Å². The molecule has 0 saturated heterocycles. The lowest BCUT2D eigenvalue weighted by Gasteiger charge is -2.19. The lowest BCUT2D eigenvalue weighted by molar-refractivity contribution is 0.0697. The smallest absolute Gasteiger partial charge is 0.335 e. The Morgan fingerprint density at radius 2 is 1.52 bits per heavy atom. The number of aromatic carboxylic acids is 1. The van der Waals surface area contributed by atoms with Crippen molar-refractivity contribution in [2.24, 2.45) is 32.9 Å². The van der Waals surface area contributed by atoms with E-state index < -0.39 is 5.97 Å². The summed E-state index contributed by atoms with van der Waals surface area (Å²) in [6.45, 7) is 3.92. The number of rotatable bonds is 7. The van der Waals surface area contributed by atoms with Crippen LogP contribution < -0.4 is 27.7 Å². The van der Waals surface area contributed by atoms with Gasteiger partial charge in [0.05, 0.1) is 11.7 Å². The van der Waals surface area contributed by atoms with Crippen LogP contribution in [0.15, 0.2) is 22.1 Å². The second kappa shape index (κ2) is 7.87. The highest BCUT2D eigenvalue weighted by atomic mass is 16.5. The van der Waals surface area contributed by atoms with Crippen molar-refractivity contribution in [3.05, 3.63) is 17.7 Å². The second-order valence-electron chi connectivity index (χ2n) is 4.78. The molecule has 0 radical (unpaired) electrons. The highest BCUT2D eigenvalue weighted by Gasteiger charge is 2.18. The quantitative estimate of drug-likeness (QED) is 0.363. The molecule has 0 spiro atoms. The van der Waals surface area contributed by atoms with Gasteiger partial charge in [0.2, 0.25) is 0 Å². The van der Waals surface area contributed by atoms with Crippen LogP contribution in [-0.4, -0.2) is 29.1 Å². The number of benzene rings is 1. The first-order valence-electron chi connectivity index (χ1n) is 7.05. The summed E-state index contributed by atoms with van der Waals surface area (Å²) >= 11 is 0. The molecule has 0 fully saturated rings. The van der Waals surface area contributed by atoms with E-state index in [1.807, 2.05) is 13.8 Å². The minimum atomic E-state index is -1.17. The number of hydrogen-bond acceptors (Lipinski definition) is 4. The van der Waals surface area contributed by atoms with Gasteiger partial charge in [-0.05, 0) is 25.0 Å². The van der Waals surface area contributed by atoms with Crippen LogP contribution in [0.1, 0.15) is 37.0 Å². The van der Waals surface area contributed by atoms with Gasteiger partial charge in [-0.25, -0.2) is 14.8 Å². The third kappa shape index (κ3) is 5.06. The van der Waals surface area contributed by atoms with Gasteiger partial charge in [0.25, 0.3) is 0 Å². The summed E-state index contributed by atoms with van der Waals surface area (Å²) in [4.78, 5) is 19.1. The van der Waals surface area contributed by atoms with Crippen molar-refractivity contribution in [3.63, 3.8) is 0 Å². The van der Waals surface area contributed by atoms with E-state index >= 15 is 0 Å². The number of carboxylic acid groups (broad SMARTS) is 1. The molecule has 0 bridgehead atoms. The minimum absolute atomic E-state index is 0.0677. The standard InChI is InChI=1S/C14H22N6O3/c1-3-8(4-2)23-11-9(19-13(15)16)5-7(12(21)22)6-10(11)20-14(17)18/h5-6,8H,3-4H2,1-2H3,(H,21,22)(H4,15,16,19)(H4,17,18,20). The fourth-order valence-electron chi connectivity index (χ4n) is 1.91. The van der Waals surface area contributed by atoms with Crippen LogP contribution in [-0.2, 0) is 0 Å². The zero-order valence-corrected chi connectivity index (χ0v) is 13.1. The van der Waals surface area contributed by atoms with Crippen LogP contribution in [0.2, 0.25) is 0 Å². The average Bonchev–Trinajstić information content (AvgIpc) is 2.45. The second-order valence-corrected chi connectivity index (χ2v) is 4.78. The van der Waals surface area contributed by atoms with E-state index in [2.05, 4.69) is 9.98 Å². The Labute approximate surface area is 134 Å². The summed E-state index contributed by atoms with van der Waals surface area (Å²) < 4.78 is 5.88. The van der Waals surface area contributed by atoms with Crippen molar-refractivity contribution < 1.29 is 14.6 Å². The normalized spacial score (nSPS) is 10.2. The molecule has 0 unspecified atom stereocenters. The van der Waals surface area contributed by atoms with Crippen molar-refractivity contribution in [2.75, 3.05) is 0 Å². The molecule has 1 aromatic carbocycles. The Hall–Kier alpha value is -2.97. The molecule has 0 aliphatic heterocycles. The molecule has 9 N–H and O–H groups in total. The van der Waals surface area contributed by atoms with Crippen molar-refractivity contribution >= 4 is 29.3 Å². The first-order chi connectivity index (χ1) is 10.8.